The van der Waals surface area contributed by atoms with Crippen LogP contribution in [0.3, 0.4) is 0 Å². The van der Waals surface area contributed by atoms with Crippen LogP contribution in [-0.4, -0.2) is 16.0 Å². The lowest BCUT2D eigenvalue weighted by molar-refractivity contribution is 1.11. The van der Waals surface area contributed by atoms with E-state index in [2.05, 4.69) is 31.2 Å². The molecule has 3 nitrogen and oxygen atoms in total. The molecule has 1 fully saturated rings. The van der Waals surface area contributed by atoms with Gasteiger partial charge in [-0.15, -0.1) is 0 Å². The van der Waals surface area contributed by atoms with Gasteiger partial charge in [0, 0.05) is 10.5 Å². The second-order valence-electron chi connectivity index (χ2n) is 3.89. The van der Waals surface area contributed by atoms with Crippen molar-refractivity contribution in [3.05, 3.63) is 27.8 Å². The normalized spacial score (nSPS) is 15.4. The largest absolute Gasteiger partial charge is 0.365 e. The summed E-state index contributed by atoms with van der Waals surface area (Å²) >= 11 is 9.54. The number of rotatable bonds is 2. The molecule has 0 amide bonds. The van der Waals surface area contributed by atoms with E-state index in [1.165, 1.54) is 12.8 Å². The summed E-state index contributed by atoms with van der Waals surface area (Å²) in [6.45, 7) is 0. The molecule has 3 rings (SSSR count). The minimum absolute atomic E-state index is 0.442. The second-order valence-corrected chi connectivity index (χ2v) is 5.10. The van der Waals surface area contributed by atoms with Gasteiger partial charge >= 0.3 is 0 Å². The highest BCUT2D eigenvalue weighted by Gasteiger charge is 2.23. The molecule has 0 bridgehead atoms. The molecular formula is C11H9BrClN3. The van der Waals surface area contributed by atoms with Crippen LogP contribution in [0.2, 0.25) is 5.15 Å². The summed E-state index contributed by atoms with van der Waals surface area (Å²) in [5.74, 6) is 0.684. The summed E-state index contributed by atoms with van der Waals surface area (Å²) < 4.78 is 0.938. The molecule has 0 saturated heterocycles. The number of fused-ring (bicyclic) bond motifs is 1. The summed E-state index contributed by atoms with van der Waals surface area (Å²) in [5, 5.41) is 3.72. The molecule has 2 aromatic rings. The first-order chi connectivity index (χ1) is 7.74. The molecule has 5 heteroatoms. The van der Waals surface area contributed by atoms with Gasteiger partial charge in [0.2, 0.25) is 0 Å². The molecule has 1 aromatic carbocycles. The molecule has 1 N–H and O–H groups in total. The van der Waals surface area contributed by atoms with E-state index >= 15 is 0 Å². The highest BCUT2D eigenvalue weighted by molar-refractivity contribution is 9.10. The maximum atomic E-state index is 6.08. The molecule has 1 aromatic heterocycles. The summed E-state index contributed by atoms with van der Waals surface area (Å²) in [7, 11) is 0. The van der Waals surface area contributed by atoms with Gasteiger partial charge in [0.25, 0.3) is 0 Å². The summed E-state index contributed by atoms with van der Waals surface area (Å²) in [6, 6.07) is 6.30. The van der Waals surface area contributed by atoms with E-state index in [9.17, 15) is 0 Å². The van der Waals surface area contributed by atoms with Crippen molar-refractivity contribution in [3.63, 3.8) is 0 Å². The van der Waals surface area contributed by atoms with Crippen LogP contribution in [0.4, 0.5) is 5.82 Å². The Kier molecular flexibility index (Phi) is 2.48. The summed E-state index contributed by atoms with van der Waals surface area (Å²) in [6.07, 6.45) is 2.37. The number of nitrogens with one attached hydrogen (secondary N) is 1. The molecule has 82 valence electrons. The smallest absolute Gasteiger partial charge is 0.172 e. The Morgan fingerprint density at radius 1 is 1.31 bits per heavy atom. The lowest BCUT2D eigenvalue weighted by Gasteiger charge is -2.07. The maximum Gasteiger partial charge on any atom is 0.172 e. The van der Waals surface area contributed by atoms with E-state index in [0.717, 1.165) is 15.5 Å². The van der Waals surface area contributed by atoms with Crippen molar-refractivity contribution in [1.82, 2.24) is 9.97 Å². The molecule has 0 unspecified atom stereocenters. The van der Waals surface area contributed by atoms with Gasteiger partial charge in [0.05, 0.1) is 5.52 Å². The van der Waals surface area contributed by atoms with E-state index in [1.54, 1.807) is 0 Å². The van der Waals surface area contributed by atoms with Crippen molar-refractivity contribution in [2.75, 3.05) is 5.32 Å². The quantitative estimate of drug-likeness (QED) is 0.920. The van der Waals surface area contributed by atoms with Gasteiger partial charge in [-0.2, -0.15) is 0 Å². The zero-order valence-electron chi connectivity index (χ0n) is 8.37. The van der Waals surface area contributed by atoms with Crippen molar-refractivity contribution < 1.29 is 0 Å². The monoisotopic (exact) mass is 297 g/mol. The lowest BCUT2D eigenvalue weighted by Crippen LogP contribution is -2.05. The van der Waals surface area contributed by atoms with Crippen molar-refractivity contribution >= 4 is 44.4 Å². The number of hydrogen-bond donors (Lipinski definition) is 1. The van der Waals surface area contributed by atoms with Crippen molar-refractivity contribution in [2.45, 2.75) is 18.9 Å². The fourth-order valence-corrected chi connectivity index (χ4v) is 2.17. The third-order valence-electron chi connectivity index (χ3n) is 2.52. The highest BCUT2D eigenvalue weighted by atomic mass is 79.9. The molecule has 1 aliphatic rings. The molecule has 0 spiro atoms. The van der Waals surface area contributed by atoms with Crippen LogP contribution in [0.1, 0.15) is 12.8 Å². The first-order valence-electron chi connectivity index (χ1n) is 5.12. The third-order valence-corrected chi connectivity index (χ3v) is 3.42. The topological polar surface area (TPSA) is 37.8 Å². The van der Waals surface area contributed by atoms with E-state index in [1.807, 2.05) is 18.2 Å². The first-order valence-corrected chi connectivity index (χ1v) is 6.29. The second kappa shape index (κ2) is 3.86. The Morgan fingerprint density at radius 3 is 2.88 bits per heavy atom. The fourth-order valence-electron chi connectivity index (χ4n) is 1.53. The van der Waals surface area contributed by atoms with Gasteiger partial charge in [-0.3, -0.25) is 0 Å². The molecule has 1 aliphatic carbocycles. The van der Waals surface area contributed by atoms with E-state index in [4.69, 9.17) is 11.6 Å². The zero-order valence-corrected chi connectivity index (χ0v) is 10.7. The van der Waals surface area contributed by atoms with Crippen LogP contribution in [0.5, 0.6) is 0 Å². The number of aromatic nitrogens is 2. The van der Waals surface area contributed by atoms with Crippen LogP contribution in [0, 0.1) is 0 Å². The Morgan fingerprint density at radius 2 is 2.12 bits per heavy atom. The number of nitrogens with zero attached hydrogens (tertiary/aromatic N) is 2. The Balaban J connectivity index is 2.14. The summed E-state index contributed by atoms with van der Waals surface area (Å²) in [4.78, 5) is 8.83. The predicted molar refractivity (Wildman–Crippen MR) is 68.9 cm³/mol. The minimum atomic E-state index is 0.442. The Labute approximate surface area is 106 Å². The van der Waals surface area contributed by atoms with Gasteiger partial charge in [-0.05, 0) is 40.9 Å². The van der Waals surface area contributed by atoms with Crippen molar-refractivity contribution in [3.8, 4) is 0 Å². The van der Waals surface area contributed by atoms with E-state index < -0.39 is 0 Å². The maximum absolute atomic E-state index is 6.08. The highest BCUT2D eigenvalue weighted by Crippen LogP contribution is 2.30. The number of anilines is 1. The fraction of sp³-hybridized carbons (Fsp3) is 0.273. The first kappa shape index (κ1) is 10.3. The molecular weight excluding hydrogens is 289 g/mol. The van der Waals surface area contributed by atoms with Gasteiger partial charge in [0.1, 0.15) is 5.52 Å². The third kappa shape index (κ3) is 1.87. The average molecular weight is 299 g/mol. The number of para-hydroxylation sites is 1. The molecule has 1 saturated carbocycles. The molecule has 0 radical (unpaired) electrons. The van der Waals surface area contributed by atoms with Crippen LogP contribution in [0.25, 0.3) is 11.0 Å². The van der Waals surface area contributed by atoms with Gasteiger partial charge in [-0.1, -0.05) is 17.7 Å². The minimum Gasteiger partial charge on any atom is -0.365 e. The van der Waals surface area contributed by atoms with E-state index in [-0.39, 0.29) is 0 Å². The van der Waals surface area contributed by atoms with Gasteiger partial charge < -0.3 is 5.32 Å². The number of benzene rings is 1. The molecule has 16 heavy (non-hydrogen) atoms. The number of hydrogen-bond acceptors (Lipinski definition) is 3. The molecule has 0 atom stereocenters. The lowest BCUT2D eigenvalue weighted by atomic mass is 10.3. The number of halogens is 2. The zero-order chi connectivity index (χ0) is 11.1. The van der Waals surface area contributed by atoms with Crippen molar-refractivity contribution in [1.29, 1.82) is 0 Å². The van der Waals surface area contributed by atoms with Crippen molar-refractivity contribution in [2.24, 2.45) is 0 Å². The van der Waals surface area contributed by atoms with Crippen LogP contribution >= 0.6 is 27.5 Å². The van der Waals surface area contributed by atoms with Crippen LogP contribution in [0.15, 0.2) is 22.7 Å². The van der Waals surface area contributed by atoms with Crippen LogP contribution in [-0.2, 0) is 0 Å². The average Bonchev–Trinajstić information content (AvgIpc) is 3.04. The summed E-state index contributed by atoms with van der Waals surface area (Å²) in [5.41, 5.74) is 1.65. The Bertz CT molecular complexity index is 554. The van der Waals surface area contributed by atoms with Gasteiger partial charge in [-0.25, -0.2) is 9.97 Å². The predicted octanol–water partition coefficient (Wildman–Crippen LogP) is 3.62. The van der Waals surface area contributed by atoms with E-state index in [0.29, 0.717) is 17.0 Å². The standard InChI is InChI=1S/C11H9BrClN3/c12-7-2-1-3-8-9(7)16-11(10(13)15-8)14-6-4-5-6/h1-3,6H,4-5H2,(H,14,16). The molecule has 1 heterocycles. The van der Waals surface area contributed by atoms with Gasteiger partial charge in [0.15, 0.2) is 11.0 Å². The Hall–Kier alpha value is -0.870. The SMILES string of the molecule is Clc1nc2cccc(Br)c2nc1NC1CC1. The molecule has 0 aliphatic heterocycles. The van der Waals surface area contributed by atoms with Crippen LogP contribution < -0.4 is 5.32 Å².